The number of hydrogen-bond donors (Lipinski definition) is 1. The zero-order valence-corrected chi connectivity index (χ0v) is 12.4. The van der Waals surface area contributed by atoms with Crippen LogP contribution in [-0.2, 0) is 14.6 Å². The standard InChI is InChI=1S/C12H23N3O3S/c1-3-18-7-6-11(5-4-8-19(2,16)17)15-9-12(13)14-10-15/h9-11H,3-8,13H2,1-2H3. The smallest absolute Gasteiger partial charge is 0.147 e. The summed E-state index contributed by atoms with van der Waals surface area (Å²) in [6.45, 7) is 3.29. The first kappa shape index (κ1) is 16.0. The van der Waals surface area contributed by atoms with Crippen molar-refractivity contribution in [2.24, 2.45) is 0 Å². The third-order valence-corrected chi connectivity index (χ3v) is 3.93. The summed E-state index contributed by atoms with van der Waals surface area (Å²) in [4.78, 5) is 4.00. The molecule has 110 valence electrons. The van der Waals surface area contributed by atoms with Crippen molar-refractivity contribution >= 4 is 15.7 Å². The van der Waals surface area contributed by atoms with E-state index in [1.54, 1.807) is 12.5 Å². The molecule has 0 spiro atoms. The minimum Gasteiger partial charge on any atom is -0.382 e. The highest BCUT2D eigenvalue weighted by atomic mass is 32.2. The number of rotatable bonds is 9. The van der Waals surface area contributed by atoms with E-state index < -0.39 is 9.84 Å². The molecule has 6 nitrogen and oxygen atoms in total. The summed E-state index contributed by atoms with van der Waals surface area (Å²) in [6, 6.07) is 0.179. The first-order valence-corrected chi connectivity index (χ1v) is 8.53. The van der Waals surface area contributed by atoms with Crippen molar-refractivity contribution in [2.75, 3.05) is 31.0 Å². The third-order valence-electron chi connectivity index (χ3n) is 2.90. The highest BCUT2D eigenvalue weighted by Gasteiger charge is 2.13. The van der Waals surface area contributed by atoms with Crippen LogP contribution in [0.15, 0.2) is 12.5 Å². The van der Waals surface area contributed by atoms with Crippen molar-refractivity contribution in [1.29, 1.82) is 0 Å². The molecule has 1 atom stereocenters. The van der Waals surface area contributed by atoms with Crippen LogP contribution >= 0.6 is 0 Å². The minimum absolute atomic E-state index is 0.179. The van der Waals surface area contributed by atoms with Gasteiger partial charge in [0.1, 0.15) is 15.7 Å². The molecule has 7 heteroatoms. The van der Waals surface area contributed by atoms with Crippen LogP contribution in [-0.4, -0.2) is 43.2 Å². The fourth-order valence-electron chi connectivity index (χ4n) is 1.94. The van der Waals surface area contributed by atoms with Crippen LogP contribution in [0.25, 0.3) is 0 Å². The van der Waals surface area contributed by atoms with Crippen molar-refractivity contribution in [3.8, 4) is 0 Å². The molecule has 1 heterocycles. The van der Waals surface area contributed by atoms with Crippen LogP contribution in [0.2, 0.25) is 0 Å². The zero-order valence-electron chi connectivity index (χ0n) is 11.6. The molecule has 2 N–H and O–H groups in total. The van der Waals surface area contributed by atoms with E-state index in [9.17, 15) is 8.42 Å². The topological polar surface area (TPSA) is 87.2 Å². The Hall–Kier alpha value is -1.08. The number of ether oxygens (including phenoxy) is 1. The molecule has 0 bridgehead atoms. The molecule has 0 saturated heterocycles. The lowest BCUT2D eigenvalue weighted by molar-refractivity contribution is 0.131. The van der Waals surface area contributed by atoms with Crippen molar-refractivity contribution in [3.63, 3.8) is 0 Å². The number of imidazole rings is 1. The van der Waals surface area contributed by atoms with E-state index in [0.717, 1.165) is 12.8 Å². The Kier molecular flexibility index (Phi) is 6.30. The van der Waals surface area contributed by atoms with E-state index in [1.165, 1.54) is 6.26 Å². The van der Waals surface area contributed by atoms with Crippen molar-refractivity contribution in [3.05, 3.63) is 12.5 Å². The lowest BCUT2D eigenvalue weighted by atomic mass is 10.1. The van der Waals surface area contributed by atoms with E-state index in [1.807, 2.05) is 11.5 Å². The Morgan fingerprint density at radius 1 is 1.47 bits per heavy atom. The van der Waals surface area contributed by atoms with Crippen molar-refractivity contribution < 1.29 is 13.2 Å². The van der Waals surface area contributed by atoms with Gasteiger partial charge in [0.2, 0.25) is 0 Å². The summed E-state index contributed by atoms with van der Waals surface area (Å²) in [5.41, 5.74) is 5.61. The Morgan fingerprint density at radius 3 is 2.74 bits per heavy atom. The Balaban J connectivity index is 2.54. The predicted molar refractivity (Wildman–Crippen MR) is 75.7 cm³/mol. The van der Waals surface area contributed by atoms with Crippen LogP contribution < -0.4 is 5.73 Å². The number of nitrogen functional groups attached to an aromatic ring is 1. The molecule has 0 amide bonds. The van der Waals surface area contributed by atoms with Gasteiger partial charge in [-0.25, -0.2) is 13.4 Å². The number of sulfone groups is 1. The summed E-state index contributed by atoms with van der Waals surface area (Å²) >= 11 is 0. The number of anilines is 1. The Bertz CT molecular complexity index is 470. The molecule has 19 heavy (non-hydrogen) atoms. The van der Waals surface area contributed by atoms with Gasteiger partial charge in [-0.05, 0) is 26.2 Å². The lowest BCUT2D eigenvalue weighted by Gasteiger charge is -2.18. The third kappa shape index (κ3) is 6.58. The van der Waals surface area contributed by atoms with Gasteiger partial charge < -0.3 is 15.0 Å². The van der Waals surface area contributed by atoms with Gasteiger partial charge in [0, 0.05) is 37.5 Å². The molecule has 0 aliphatic carbocycles. The second-order valence-corrected chi connectivity index (χ2v) is 6.92. The van der Waals surface area contributed by atoms with E-state index in [4.69, 9.17) is 10.5 Å². The molecule has 1 rings (SSSR count). The maximum atomic E-state index is 11.1. The Labute approximate surface area is 114 Å². The highest BCUT2D eigenvalue weighted by molar-refractivity contribution is 7.90. The second kappa shape index (κ2) is 7.49. The molecule has 0 fully saturated rings. The maximum Gasteiger partial charge on any atom is 0.147 e. The molecular formula is C12H23N3O3S. The van der Waals surface area contributed by atoms with E-state index in [-0.39, 0.29) is 11.8 Å². The van der Waals surface area contributed by atoms with Crippen LogP contribution in [0.4, 0.5) is 5.82 Å². The highest BCUT2D eigenvalue weighted by Crippen LogP contribution is 2.19. The first-order chi connectivity index (χ1) is 8.92. The second-order valence-electron chi connectivity index (χ2n) is 4.66. The maximum absolute atomic E-state index is 11.1. The predicted octanol–water partition coefficient (Wildman–Crippen LogP) is 1.26. The zero-order chi connectivity index (χ0) is 14.3. The van der Waals surface area contributed by atoms with E-state index in [0.29, 0.717) is 25.5 Å². The molecule has 0 aliphatic rings. The van der Waals surface area contributed by atoms with Gasteiger partial charge in [-0.3, -0.25) is 0 Å². The van der Waals surface area contributed by atoms with Gasteiger partial charge in [0.25, 0.3) is 0 Å². The number of hydrogen-bond acceptors (Lipinski definition) is 5. The summed E-state index contributed by atoms with van der Waals surface area (Å²) in [5, 5.41) is 0. The van der Waals surface area contributed by atoms with E-state index >= 15 is 0 Å². The van der Waals surface area contributed by atoms with Gasteiger partial charge in [0.15, 0.2) is 0 Å². The van der Waals surface area contributed by atoms with Gasteiger partial charge in [-0.15, -0.1) is 0 Å². The molecule has 0 aromatic carbocycles. The quantitative estimate of drug-likeness (QED) is 0.691. The molecule has 1 aromatic rings. The average molecular weight is 289 g/mol. The number of nitrogens with zero attached hydrogens (tertiary/aromatic N) is 2. The van der Waals surface area contributed by atoms with Gasteiger partial charge in [-0.1, -0.05) is 0 Å². The number of aromatic nitrogens is 2. The fourth-order valence-corrected chi connectivity index (χ4v) is 2.63. The first-order valence-electron chi connectivity index (χ1n) is 6.46. The summed E-state index contributed by atoms with van der Waals surface area (Å²) in [6.07, 6.45) is 6.96. The lowest BCUT2D eigenvalue weighted by Crippen LogP contribution is -2.13. The largest absolute Gasteiger partial charge is 0.382 e. The van der Waals surface area contributed by atoms with Gasteiger partial charge >= 0.3 is 0 Å². The van der Waals surface area contributed by atoms with Crippen LogP contribution in [0, 0.1) is 0 Å². The molecule has 0 radical (unpaired) electrons. The van der Waals surface area contributed by atoms with E-state index in [2.05, 4.69) is 4.98 Å². The Morgan fingerprint density at radius 2 is 2.21 bits per heavy atom. The van der Waals surface area contributed by atoms with Gasteiger partial charge in [0.05, 0.1) is 6.33 Å². The molecular weight excluding hydrogens is 266 g/mol. The number of nitrogens with two attached hydrogens (primary N) is 1. The normalized spacial score (nSPS) is 13.6. The van der Waals surface area contributed by atoms with Crippen molar-refractivity contribution in [2.45, 2.75) is 32.2 Å². The van der Waals surface area contributed by atoms with Crippen LogP contribution in [0.1, 0.15) is 32.2 Å². The SMILES string of the molecule is CCOCCC(CCCS(C)(=O)=O)n1cnc(N)c1. The molecule has 0 aliphatic heterocycles. The van der Waals surface area contributed by atoms with Gasteiger partial charge in [-0.2, -0.15) is 0 Å². The monoisotopic (exact) mass is 289 g/mol. The summed E-state index contributed by atoms with van der Waals surface area (Å²) in [5.74, 6) is 0.687. The van der Waals surface area contributed by atoms with Crippen LogP contribution in [0.3, 0.4) is 0 Å². The molecule has 1 aromatic heterocycles. The molecule has 0 saturated carbocycles. The van der Waals surface area contributed by atoms with Crippen molar-refractivity contribution in [1.82, 2.24) is 9.55 Å². The summed E-state index contributed by atoms with van der Waals surface area (Å²) in [7, 11) is -2.90. The average Bonchev–Trinajstić information content (AvgIpc) is 2.72. The fraction of sp³-hybridized carbons (Fsp3) is 0.750. The minimum atomic E-state index is -2.90. The summed E-state index contributed by atoms with van der Waals surface area (Å²) < 4.78 is 29.6. The molecule has 1 unspecified atom stereocenters. The van der Waals surface area contributed by atoms with Crippen LogP contribution in [0.5, 0.6) is 0 Å².